The molecular formula is C19H18O6. The van der Waals surface area contributed by atoms with Gasteiger partial charge in [0, 0.05) is 18.2 Å². The lowest BCUT2D eigenvalue weighted by Crippen LogP contribution is -2.05. The van der Waals surface area contributed by atoms with E-state index in [1.165, 1.54) is 27.4 Å². The highest BCUT2D eigenvalue weighted by molar-refractivity contribution is 5.76. The van der Waals surface area contributed by atoms with E-state index in [1.807, 2.05) is 6.07 Å². The minimum absolute atomic E-state index is 0.0959. The van der Waals surface area contributed by atoms with Gasteiger partial charge in [0.05, 0.1) is 26.7 Å². The molecule has 3 rings (SSSR count). The fourth-order valence-electron chi connectivity index (χ4n) is 2.52. The third-order valence-electron chi connectivity index (χ3n) is 3.70. The van der Waals surface area contributed by atoms with Crippen molar-refractivity contribution >= 4 is 11.0 Å². The molecule has 0 bridgehead atoms. The largest absolute Gasteiger partial charge is 0.493 e. The first-order valence-corrected chi connectivity index (χ1v) is 7.61. The van der Waals surface area contributed by atoms with Crippen LogP contribution in [0.5, 0.6) is 23.0 Å². The molecule has 1 aromatic heterocycles. The zero-order valence-electron chi connectivity index (χ0n) is 14.2. The topological polar surface area (TPSA) is 67.1 Å². The number of rotatable bonds is 6. The molecule has 130 valence electrons. The maximum absolute atomic E-state index is 12.1. The first-order chi connectivity index (χ1) is 12.2. The van der Waals surface area contributed by atoms with E-state index in [1.54, 1.807) is 30.3 Å². The number of hydrogen-bond acceptors (Lipinski definition) is 6. The Hall–Kier alpha value is -3.15. The van der Waals surface area contributed by atoms with Gasteiger partial charge in [0.25, 0.3) is 0 Å². The summed E-state index contributed by atoms with van der Waals surface area (Å²) in [6.45, 7) is 0.0959. The van der Waals surface area contributed by atoms with Crippen LogP contribution in [0.1, 0.15) is 5.76 Å². The molecule has 0 fully saturated rings. The molecule has 0 amide bonds. The Morgan fingerprint density at radius 3 is 2.24 bits per heavy atom. The van der Waals surface area contributed by atoms with E-state index in [9.17, 15) is 4.79 Å². The number of hydrogen-bond donors (Lipinski definition) is 0. The predicted octanol–water partition coefficient (Wildman–Crippen LogP) is 3.40. The highest BCUT2D eigenvalue weighted by Gasteiger charge is 2.14. The Kier molecular flexibility index (Phi) is 4.79. The quantitative estimate of drug-likeness (QED) is 0.684. The Balaban J connectivity index is 1.87. The summed E-state index contributed by atoms with van der Waals surface area (Å²) < 4.78 is 27.3. The van der Waals surface area contributed by atoms with Crippen LogP contribution < -0.4 is 24.4 Å². The van der Waals surface area contributed by atoms with Gasteiger partial charge in [-0.1, -0.05) is 12.1 Å². The van der Waals surface area contributed by atoms with Gasteiger partial charge in [-0.25, -0.2) is 0 Å². The first kappa shape index (κ1) is 16.7. The molecule has 0 radical (unpaired) electrons. The zero-order chi connectivity index (χ0) is 17.8. The van der Waals surface area contributed by atoms with Crippen molar-refractivity contribution in [3.8, 4) is 23.0 Å². The lowest BCUT2D eigenvalue weighted by molar-refractivity contribution is 0.265. The normalized spacial score (nSPS) is 10.5. The Morgan fingerprint density at radius 1 is 0.920 bits per heavy atom. The van der Waals surface area contributed by atoms with Gasteiger partial charge < -0.3 is 23.4 Å². The molecule has 0 aliphatic carbocycles. The van der Waals surface area contributed by atoms with Gasteiger partial charge in [-0.2, -0.15) is 0 Å². The molecule has 2 aromatic carbocycles. The summed E-state index contributed by atoms with van der Waals surface area (Å²) in [7, 11) is 4.59. The van der Waals surface area contributed by atoms with Gasteiger partial charge >= 0.3 is 0 Å². The van der Waals surface area contributed by atoms with Gasteiger partial charge in [-0.15, -0.1) is 0 Å². The van der Waals surface area contributed by atoms with Crippen molar-refractivity contribution in [1.29, 1.82) is 0 Å². The van der Waals surface area contributed by atoms with Gasteiger partial charge in [0.2, 0.25) is 5.75 Å². The van der Waals surface area contributed by atoms with E-state index >= 15 is 0 Å². The van der Waals surface area contributed by atoms with Crippen LogP contribution in [0.25, 0.3) is 11.0 Å². The maximum atomic E-state index is 12.1. The standard InChI is InChI=1S/C19H18O6/c1-21-17-9-12(10-18(22-2)19(17)23-3)24-11-13-8-15(20)14-6-4-5-7-16(14)25-13/h4-10H,11H2,1-3H3. The smallest absolute Gasteiger partial charge is 0.203 e. The lowest BCUT2D eigenvalue weighted by Gasteiger charge is -2.14. The number of ether oxygens (including phenoxy) is 4. The van der Waals surface area contributed by atoms with Gasteiger partial charge in [0.15, 0.2) is 16.9 Å². The molecule has 0 aliphatic heterocycles. The molecule has 6 nitrogen and oxygen atoms in total. The number of fused-ring (bicyclic) bond motifs is 1. The molecule has 0 atom stereocenters. The molecular weight excluding hydrogens is 324 g/mol. The Labute approximate surface area is 144 Å². The van der Waals surface area contributed by atoms with Crippen molar-refractivity contribution in [1.82, 2.24) is 0 Å². The molecule has 0 saturated carbocycles. The van der Waals surface area contributed by atoms with Crippen molar-refractivity contribution in [2.24, 2.45) is 0 Å². The van der Waals surface area contributed by atoms with Crippen molar-refractivity contribution in [2.75, 3.05) is 21.3 Å². The van der Waals surface area contributed by atoms with Crippen molar-refractivity contribution in [3.63, 3.8) is 0 Å². The second-order valence-corrected chi connectivity index (χ2v) is 5.22. The third-order valence-corrected chi connectivity index (χ3v) is 3.70. The summed E-state index contributed by atoms with van der Waals surface area (Å²) in [6.07, 6.45) is 0. The summed E-state index contributed by atoms with van der Waals surface area (Å²) in [5.74, 6) is 2.38. The van der Waals surface area contributed by atoms with E-state index in [0.717, 1.165) is 0 Å². The van der Waals surface area contributed by atoms with Crippen LogP contribution in [0.3, 0.4) is 0 Å². The second-order valence-electron chi connectivity index (χ2n) is 5.22. The molecule has 0 spiro atoms. The monoisotopic (exact) mass is 342 g/mol. The summed E-state index contributed by atoms with van der Waals surface area (Å²) >= 11 is 0. The predicted molar refractivity (Wildman–Crippen MR) is 92.9 cm³/mol. The molecule has 1 heterocycles. The van der Waals surface area contributed by atoms with Gasteiger partial charge in [-0.05, 0) is 12.1 Å². The molecule has 3 aromatic rings. The zero-order valence-corrected chi connectivity index (χ0v) is 14.2. The highest BCUT2D eigenvalue weighted by atomic mass is 16.5. The number of benzene rings is 2. The highest BCUT2D eigenvalue weighted by Crippen LogP contribution is 2.40. The fourth-order valence-corrected chi connectivity index (χ4v) is 2.52. The molecule has 25 heavy (non-hydrogen) atoms. The Bertz CT molecular complexity index is 919. The van der Waals surface area contributed by atoms with Crippen molar-refractivity contribution in [2.45, 2.75) is 6.61 Å². The van der Waals surface area contributed by atoms with E-state index in [0.29, 0.717) is 39.7 Å². The van der Waals surface area contributed by atoms with Crippen LogP contribution in [0.4, 0.5) is 0 Å². The van der Waals surface area contributed by atoms with Crippen LogP contribution in [-0.2, 0) is 6.61 Å². The first-order valence-electron chi connectivity index (χ1n) is 7.61. The minimum Gasteiger partial charge on any atom is -0.493 e. The summed E-state index contributed by atoms with van der Waals surface area (Å²) in [5.41, 5.74) is 0.420. The van der Waals surface area contributed by atoms with Crippen molar-refractivity contribution in [3.05, 3.63) is 58.4 Å². The van der Waals surface area contributed by atoms with Gasteiger partial charge in [-0.3, -0.25) is 4.79 Å². The third kappa shape index (κ3) is 3.38. The van der Waals surface area contributed by atoms with Crippen LogP contribution >= 0.6 is 0 Å². The molecule has 0 aliphatic rings. The van der Waals surface area contributed by atoms with E-state index in [4.69, 9.17) is 23.4 Å². The van der Waals surface area contributed by atoms with E-state index < -0.39 is 0 Å². The second kappa shape index (κ2) is 7.17. The van der Waals surface area contributed by atoms with E-state index in [-0.39, 0.29) is 12.0 Å². The molecule has 6 heteroatoms. The van der Waals surface area contributed by atoms with Crippen LogP contribution in [0.2, 0.25) is 0 Å². The average Bonchev–Trinajstić information content (AvgIpc) is 2.65. The molecule has 0 saturated heterocycles. The average molecular weight is 342 g/mol. The maximum Gasteiger partial charge on any atom is 0.203 e. The SMILES string of the molecule is COc1cc(OCc2cc(=O)c3ccccc3o2)cc(OC)c1OC. The molecule has 0 N–H and O–H groups in total. The number of para-hydroxylation sites is 1. The summed E-state index contributed by atoms with van der Waals surface area (Å²) in [4.78, 5) is 12.1. The minimum atomic E-state index is -0.106. The van der Waals surface area contributed by atoms with Gasteiger partial charge in [0.1, 0.15) is 23.7 Å². The van der Waals surface area contributed by atoms with Crippen LogP contribution in [0.15, 0.2) is 51.7 Å². The van der Waals surface area contributed by atoms with Crippen molar-refractivity contribution < 1.29 is 23.4 Å². The summed E-state index contributed by atoms with van der Waals surface area (Å²) in [5, 5.41) is 0.541. The lowest BCUT2D eigenvalue weighted by atomic mass is 10.2. The molecule has 0 unspecified atom stereocenters. The van der Waals surface area contributed by atoms with Crippen LogP contribution in [0, 0.1) is 0 Å². The van der Waals surface area contributed by atoms with Crippen LogP contribution in [-0.4, -0.2) is 21.3 Å². The van der Waals surface area contributed by atoms with E-state index in [2.05, 4.69) is 0 Å². The number of methoxy groups -OCH3 is 3. The fraction of sp³-hybridized carbons (Fsp3) is 0.211. The summed E-state index contributed by atoms with van der Waals surface area (Å²) in [6, 6.07) is 11.9. The Morgan fingerprint density at radius 2 is 1.60 bits per heavy atom.